The van der Waals surface area contributed by atoms with E-state index in [1.165, 1.54) is 0 Å². The molecule has 1 aromatic carbocycles. The summed E-state index contributed by atoms with van der Waals surface area (Å²) in [6.07, 6.45) is 0. The number of nitrogens with zero attached hydrogens (tertiary/aromatic N) is 2. The molecule has 0 atom stereocenters. The summed E-state index contributed by atoms with van der Waals surface area (Å²) in [5.74, 6) is 0. The zero-order valence-corrected chi connectivity index (χ0v) is 12.8. The van der Waals surface area contributed by atoms with Gasteiger partial charge < -0.3 is 0 Å². The molecule has 0 N–H and O–H groups in total. The molecule has 0 aliphatic heterocycles. The summed E-state index contributed by atoms with van der Waals surface area (Å²) in [5, 5.41) is 9.01. The quantitative estimate of drug-likeness (QED) is 0.610. The number of hydrogen-bond acceptors (Lipinski definition) is 3. The summed E-state index contributed by atoms with van der Waals surface area (Å²) in [7, 11) is 0. The fourth-order valence-electron chi connectivity index (χ4n) is 0.977. The van der Waals surface area contributed by atoms with Crippen LogP contribution < -0.4 is 0 Å². The van der Waals surface area contributed by atoms with Gasteiger partial charge in [0.15, 0.2) is 3.01 Å². The van der Waals surface area contributed by atoms with Crippen molar-refractivity contribution in [1.82, 2.24) is 10.2 Å². The Morgan fingerprint density at radius 2 is 2.00 bits per heavy atom. The third-order valence-corrected chi connectivity index (χ3v) is 4.33. The van der Waals surface area contributed by atoms with E-state index in [4.69, 9.17) is 0 Å². The molecule has 0 fully saturated rings. The van der Waals surface area contributed by atoms with Crippen molar-refractivity contribution >= 4 is 65.8 Å². The molecule has 14 heavy (non-hydrogen) atoms. The number of halogens is 3. The van der Waals surface area contributed by atoms with Crippen LogP contribution in [0.5, 0.6) is 0 Å². The molecule has 72 valence electrons. The van der Waals surface area contributed by atoms with Crippen molar-refractivity contribution in [3.8, 4) is 10.6 Å². The molecule has 1 heterocycles. The number of rotatable bonds is 1. The summed E-state index contributed by atoms with van der Waals surface area (Å²) in [6.45, 7) is 0. The first kappa shape index (κ1) is 11.0. The van der Waals surface area contributed by atoms with Crippen LogP contribution in [0.4, 0.5) is 0 Å². The van der Waals surface area contributed by atoms with Crippen LogP contribution in [0.25, 0.3) is 10.6 Å². The van der Waals surface area contributed by atoms with E-state index in [0.29, 0.717) is 0 Å². The van der Waals surface area contributed by atoms with Crippen molar-refractivity contribution in [2.45, 2.75) is 0 Å². The third kappa shape index (κ3) is 2.34. The van der Waals surface area contributed by atoms with Crippen molar-refractivity contribution in [3.63, 3.8) is 0 Å². The molecule has 0 amide bonds. The van der Waals surface area contributed by atoms with Gasteiger partial charge in [-0.25, -0.2) is 0 Å². The zero-order chi connectivity index (χ0) is 10.1. The van der Waals surface area contributed by atoms with Crippen LogP contribution in [0.3, 0.4) is 0 Å². The number of benzene rings is 1. The Morgan fingerprint density at radius 1 is 1.21 bits per heavy atom. The molecule has 0 saturated carbocycles. The van der Waals surface area contributed by atoms with Gasteiger partial charge in [-0.1, -0.05) is 43.2 Å². The van der Waals surface area contributed by atoms with Crippen LogP contribution in [0, 0.1) is 3.01 Å². The highest BCUT2D eigenvalue weighted by atomic mass is 127. The molecule has 0 bridgehead atoms. The third-order valence-electron chi connectivity index (χ3n) is 1.56. The second-order valence-corrected chi connectivity index (χ2v) is 6.99. The van der Waals surface area contributed by atoms with Gasteiger partial charge in [0.2, 0.25) is 0 Å². The number of hydrogen-bond donors (Lipinski definition) is 0. The summed E-state index contributed by atoms with van der Waals surface area (Å²) in [6, 6.07) is 6.02. The van der Waals surface area contributed by atoms with E-state index in [1.54, 1.807) is 11.3 Å². The van der Waals surface area contributed by atoms with Gasteiger partial charge in [-0.2, -0.15) is 0 Å². The Morgan fingerprint density at radius 3 is 2.57 bits per heavy atom. The lowest BCUT2D eigenvalue weighted by Crippen LogP contribution is -1.79. The van der Waals surface area contributed by atoms with E-state index in [2.05, 4.69) is 64.6 Å². The van der Waals surface area contributed by atoms with Crippen LogP contribution in [0.2, 0.25) is 0 Å². The smallest absolute Gasteiger partial charge is 0.137 e. The Kier molecular flexibility index (Phi) is 3.56. The van der Waals surface area contributed by atoms with Gasteiger partial charge in [0.1, 0.15) is 5.01 Å². The van der Waals surface area contributed by atoms with Crippen molar-refractivity contribution < 1.29 is 0 Å². The lowest BCUT2D eigenvalue weighted by atomic mass is 10.2. The maximum atomic E-state index is 4.09. The van der Waals surface area contributed by atoms with Crippen LogP contribution >= 0.6 is 65.8 Å². The second kappa shape index (κ2) is 4.54. The van der Waals surface area contributed by atoms with E-state index < -0.39 is 0 Å². The first-order valence-electron chi connectivity index (χ1n) is 3.61. The van der Waals surface area contributed by atoms with Gasteiger partial charge in [0, 0.05) is 14.5 Å². The van der Waals surface area contributed by atoms with Crippen LogP contribution in [-0.4, -0.2) is 10.2 Å². The average molecular weight is 446 g/mol. The Balaban J connectivity index is 2.52. The molecule has 0 saturated heterocycles. The predicted molar refractivity (Wildman–Crippen MR) is 73.5 cm³/mol. The molecule has 2 nitrogen and oxygen atoms in total. The highest BCUT2D eigenvalue weighted by molar-refractivity contribution is 14.1. The van der Waals surface area contributed by atoms with Gasteiger partial charge in [0.25, 0.3) is 0 Å². The van der Waals surface area contributed by atoms with Crippen molar-refractivity contribution in [1.29, 1.82) is 0 Å². The molecule has 0 aliphatic rings. The minimum Gasteiger partial charge on any atom is -0.137 e. The molecular weight excluding hydrogens is 443 g/mol. The lowest BCUT2D eigenvalue weighted by Gasteiger charge is -1.99. The molecular formula is C8H3Br2IN2S. The largest absolute Gasteiger partial charge is 0.178 e. The monoisotopic (exact) mass is 444 g/mol. The predicted octanol–water partition coefficient (Wildman–Crippen LogP) is 4.33. The Hall–Kier alpha value is 0.470. The second-order valence-electron chi connectivity index (χ2n) is 2.48. The van der Waals surface area contributed by atoms with Crippen LogP contribution in [-0.2, 0) is 0 Å². The van der Waals surface area contributed by atoms with E-state index in [9.17, 15) is 0 Å². The van der Waals surface area contributed by atoms with Gasteiger partial charge in [-0.15, -0.1) is 10.2 Å². The van der Waals surface area contributed by atoms with Crippen molar-refractivity contribution in [3.05, 3.63) is 30.2 Å². The van der Waals surface area contributed by atoms with Crippen molar-refractivity contribution in [2.24, 2.45) is 0 Å². The maximum Gasteiger partial charge on any atom is 0.178 e. The molecule has 2 rings (SSSR count). The lowest BCUT2D eigenvalue weighted by molar-refractivity contribution is 1.07. The average Bonchev–Trinajstić information content (AvgIpc) is 2.51. The SMILES string of the molecule is Brc1ccc(-c2nnc(I)s2)c(Br)c1. The zero-order valence-electron chi connectivity index (χ0n) is 6.67. The normalized spacial score (nSPS) is 10.5. The summed E-state index contributed by atoms with van der Waals surface area (Å²) < 4.78 is 3.03. The summed E-state index contributed by atoms with van der Waals surface area (Å²) >= 11 is 10.7. The molecule has 2 aromatic rings. The summed E-state index contributed by atoms with van der Waals surface area (Å²) in [5.41, 5.74) is 1.08. The standard InChI is InChI=1S/C8H3Br2IN2S/c9-4-1-2-5(6(10)3-4)7-12-13-8(11)14-7/h1-3H. The molecule has 6 heteroatoms. The minimum atomic E-state index is 0.939. The maximum absolute atomic E-state index is 4.09. The van der Waals surface area contributed by atoms with Gasteiger partial charge in [0.05, 0.1) is 0 Å². The highest BCUT2D eigenvalue weighted by Gasteiger charge is 2.08. The molecule has 1 aromatic heterocycles. The fraction of sp³-hybridized carbons (Fsp3) is 0. The van der Waals surface area contributed by atoms with E-state index in [-0.39, 0.29) is 0 Å². The number of aromatic nitrogens is 2. The van der Waals surface area contributed by atoms with Crippen LogP contribution in [0.1, 0.15) is 0 Å². The minimum absolute atomic E-state index is 0.939. The van der Waals surface area contributed by atoms with Gasteiger partial charge in [-0.05, 0) is 40.8 Å². The van der Waals surface area contributed by atoms with Gasteiger partial charge in [-0.3, -0.25) is 0 Å². The topological polar surface area (TPSA) is 25.8 Å². The molecule has 0 spiro atoms. The molecule has 0 aliphatic carbocycles. The summed E-state index contributed by atoms with van der Waals surface area (Å²) in [4.78, 5) is 0. The van der Waals surface area contributed by atoms with Crippen LogP contribution in [0.15, 0.2) is 27.1 Å². The van der Waals surface area contributed by atoms with E-state index in [0.717, 1.165) is 22.5 Å². The van der Waals surface area contributed by atoms with Gasteiger partial charge >= 0.3 is 0 Å². The fourth-order valence-corrected chi connectivity index (χ4v) is 3.69. The first-order chi connectivity index (χ1) is 6.66. The molecule has 0 unspecified atom stereocenters. The van der Waals surface area contributed by atoms with Crippen molar-refractivity contribution in [2.75, 3.05) is 0 Å². The Bertz CT molecular complexity index is 472. The first-order valence-corrected chi connectivity index (χ1v) is 7.09. The Labute approximate surface area is 116 Å². The van der Waals surface area contributed by atoms with E-state index >= 15 is 0 Å². The molecule has 0 radical (unpaired) electrons. The van der Waals surface area contributed by atoms with E-state index in [1.807, 2.05) is 18.2 Å². The highest BCUT2D eigenvalue weighted by Crippen LogP contribution is 2.32.